The number of nitro groups is 1. The largest absolute Gasteiger partial charge is 0.473 e. The van der Waals surface area contributed by atoms with Gasteiger partial charge in [-0.05, 0) is 11.1 Å². The zero-order chi connectivity index (χ0) is 16.9. The number of benzene rings is 2. The summed E-state index contributed by atoms with van der Waals surface area (Å²) in [5.41, 5.74) is 7.62. The molecule has 2 aromatic carbocycles. The van der Waals surface area contributed by atoms with Gasteiger partial charge in [-0.2, -0.15) is 4.98 Å². The molecule has 0 unspecified atom stereocenters. The number of anilines is 1. The van der Waals surface area contributed by atoms with Crippen LogP contribution in [-0.4, -0.2) is 9.91 Å². The van der Waals surface area contributed by atoms with Crippen LogP contribution in [0, 0.1) is 10.1 Å². The van der Waals surface area contributed by atoms with Crippen molar-refractivity contribution in [1.82, 2.24) is 4.98 Å². The minimum absolute atomic E-state index is 0.163. The highest BCUT2D eigenvalue weighted by Crippen LogP contribution is 2.36. The van der Waals surface area contributed by atoms with Crippen LogP contribution in [0.5, 0.6) is 5.88 Å². The summed E-state index contributed by atoms with van der Waals surface area (Å²) in [5.74, 6) is 0.0882. The first-order valence-corrected chi connectivity index (χ1v) is 7.32. The molecule has 3 rings (SSSR count). The first kappa shape index (κ1) is 15.5. The van der Waals surface area contributed by atoms with E-state index in [-0.39, 0.29) is 17.4 Å². The molecular formula is C18H15N3O3. The van der Waals surface area contributed by atoms with Gasteiger partial charge in [0.05, 0.1) is 10.5 Å². The second-order valence-corrected chi connectivity index (χ2v) is 5.14. The number of ether oxygens (including phenoxy) is 1. The Labute approximate surface area is 138 Å². The summed E-state index contributed by atoms with van der Waals surface area (Å²) in [5, 5.41) is 11.4. The van der Waals surface area contributed by atoms with E-state index in [9.17, 15) is 10.1 Å². The Bertz CT molecular complexity index is 852. The van der Waals surface area contributed by atoms with Gasteiger partial charge in [0.25, 0.3) is 0 Å². The SMILES string of the molecule is Nc1nc(OCc2ccccc2)cc(-c2ccccc2)c1[N+](=O)[O-]. The maximum atomic E-state index is 11.4. The van der Waals surface area contributed by atoms with E-state index in [2.05, 4.69) is 4.98 Å². The summed E-state index contributed by atoms with van der Waals surface area (Å²) in [4.78, 5) is 14.8. The van der Waals surface area contributed by atoms with Crippen LogP contribution in [0.2, 0.25) is 0 Å². The zero-order valence-corrected chi connectivity index (χ0v) is 12.8. The van der Waals surface area contributed by atoms with Gasteiger partial charge < -0.3 is 10.5 Å². The summed E-state index contributed by atoms with van der Waals surface area (Å²) >= 11 is 0. The number of hydrogen-bond acceptors (Lipinski definition) is 5. The lowest BCUT2D eigenvalue weighted by Crippen LogP contribution is -2.04. The van der Waals surface area contributed by atoms with E-state index in [1.807, 2.05) is 36.4 Å². The number of nitrogens with zero attached hydrogens (tertiary/aromatic N) is 2. The maximum absolute atomic E-state index is 11.4. The van der Waals surface area contributed by atoms with Gasteiger partial charge in [0.15, 0.2) is 0 Å². The summed E-state index contributed by atoms with van der Waals surface area (Å²) < 4.78 is 5.66. The van der Waals surface area contributed by atoms with Gasteiger partial charge in [0.2, 0.25) is 11.7 Å². The van der Waals surface area contributed by atoms with Crippen LogP contribution in [0.4, 0.5) is 11.5 Å². The van der Waals surface area contributed by atoms with E-state index in [1.165, 1.54) is 0 Å². The van der Waals surface area contributed by atoms with Crippen molar-refractivity contribution >= 4 is 11.5 Å². The summed E-state index contributed by atoms with van der Waals surface area (Å²) in [7, 11) is 0. The van der Waals surface area contributed by atoms with Gasteiger partial charge in [-0.15, -0.1) is 0 Å². The van der Waals surface area contributed by atoms with E-state index in [0.717, 1.165) is 5.56 Å². The predicted octanol–water partition coefficient (Wildman–Crippen LogP) is 3.82. The fourth-order valence-electron chi connectivity index (χ4n) is 2.37. The summed E-state index contributed by atoms with van der Waals surface area (Å²) in [6.07, 6.45) is 0. The highest BCUT2D eigenvalue weighted by atomic mass is 16.6. The van der Waals surface area contributed by atoms with Crippen LogP contribution in [-0.2, 0) is 6.61 Å². The molecule has 0 spiro atoms. The molecule has 0 saturated carbocycles. The van der Waals surface area contributed by atoms with Crippen molar-refractivity contribution in [1.29, 1.82) is 0 Å². The fourth-order valence-corrected chi connectivity index (χ4v) is 2.37. The summed E-state index contributed by atoms with van der Waals surface area (Å²) in [6, 6.07) is 20.1. The van der Waals surface area contributed by atoms with Gasteiger partial charge in [0.1, 0.15) is 6.61 Å². The van der Waals surface area contributed by atoms with Crippen molar-refractivity contribution in [3.8, 4) is 17.0 Å². The van der Waals surface area contributed by atoms with E-state index in [4.69, 9.17) is 10.5 Å². The molecule has 6 nitrogen and oxygen atoms in total. The highest BCUT2D eigenvalue weighted by molar-refractivity contribution is 5.80. The molecule has 2 N–H and O–H groups in total. The average Bonchev–Trinajstić information content (AvgIpc) is 2.60. The average molecular weight is 321 g/mol. The first-order valence-electron chi connectivity index (χ1n) is 7.32. The molecule has 1 heterocycles. The van der Waals surface area contributed by atoms with Crippen molar-refractivity contribution in [3.63, 3.8) is 0 Å². The molecule has 6 heteroatoms. The molecule has 0 aliphatic carbocycles. The van der Waals surface area contributed by atoms with Crippen molar-refractivity contribution in [2.24, 2.45) is 0 Å². The van der Waals surface area contributed by atoms with Crippen LogP contribution < -0.4 is 10.5 Å². The van der Waals surface area contributed by atoms with Crippen molar-refractivity contribution in [2.45, 2.75) is 6.61 Å². The summed E-state index contributed by atoms with van der Waals surface area (Å²) in [6.45, 7) is 0.305. The third-order valence-electron chi connectivity index (χ3n) is 3.49. The second-order valence-electron chi connectivity index (χ2n) is 5.14. The molecule has 0 amide bonds. The molecule has 3 aromatic rings. The molecule has 0 fully saturated rings. The standard InChI is InChI=1S/C18H15N3O3/c19-18-17(21(22)23)15(14-9-5-2-6-10-14)11-16(20-18)24-12-13-7-3-1-4-8-13/h1-11H,12H2,(H2,19,20). The number of rotatable bonds is 5. The lowest BCUT2D eigenvalue weighted by atomic mass is 10.1. The normalized spacial score (nSPS) is 10.3. The Hall–Kier alpha value is -3.41. The number of nitrogen functional groups attached to an aromatic ring is 1. The molecule has 0 aliphatic rings. The molecule has 120 valence electrons. The molecule has 0 radical (unpaired) electrons. The van der Waals surface area contributed by atoms with Gasteiger partial charge in [0, 0.05) is 6.07 Å². The molecule has 1 aromatic heterocycles. The zero-order valence-electron chi connectivity index (χ0n) is 12.8. The van der Waals surface area contributed by atoms with Crippen LogP contribution in [0.15, 0.2) is 66.7 Å². The molecule has 24 heavy (non-hydrogen) atoms. The topological polar surface area (TPSA) is 91.3 Å². The van der Waals surface area contributed by atoms with Crippen LogP contribution >= 0.6 is 0 Å². The van der Waals surface area contributed by atoms with Gasteiger partial charge in [-0.3, -0.25) is 10.1 Å². The minimum Gasteiger partial charge on any atom is -0.473 e. The fraction of sp³-hybridized carbons (Fsp3) is 0.0556. The lowest BCUT2D eigenvalue weighted by Gasteiger charge is -2.10. The first-order chi connectivity index (χ1) is 11.6. The molecule has 0 atom stereocenters. The van der Waals surface area contributed by atoms with Crippen LogP contribution in [0.1, 0.15) is 5.56 Å². The van der Waals surface area contributed by atoms with Gasteiger partial charge in [-0.1, -0.05) is 60.7 Å². The molecule has 0 bridgehead atoms. The lowest BCUT2D eigenvalue weighted by molar-refractivity contribution is -0.383. The Morgan fingerprint density at radius 2 is 1.67 bits per heavy atom. The van der Waals surface area contributed by atoms with E-state index < -0.39 is 4.92 Å². The van der Waals surface area contributed by atoms with Crippen LogP contribution in [0.3, 0.4) is 0 Å². The second kappa shape index (κ2) is 6.78. The molecule has 0 saturated heterocycles. The van der Waals surface area contributed by atoms with Crippen LogP contribution in [0.25, 0.3) is 11.1 Å². The number of pyridine rings is 1. The van der Waals surface area contributed by atoms with Gasteiger partial charge in [-0.25, -0.2) is 0 Å². The van der Waals surface area contributed by atoms with Gasteiger partial charge >= 0.3 is 5.69 Å². The van der Waals surface area contributed by atoms with E-state index >= 15 is 0 Å². The number of nitrogens with two attached hydrogens (primary N) is 1. The monoisotopic (exact) mass is 321 g/mol. The number of hydrogen-bond donors (Lipinski definition) is 1. The highest BCUT2D eigenvalue weighted by Gasteiger charge is 2.22. The number of aromatic nitrogens is 1. The predicted molar refractivity (Wildman–Crippen MR) is 91.5 cm³/mol. The van der Waals surface area contributed by atoms with Crippen molar-refractivity contribution < 1.29 is 9.66 Å². The molecular weight excluding hydrogens is 306 g/mol. The quantitative estimate of drug-likeness (QED) is 0.570. The molecule has 0 aliphatic heterocycles. The Kier molecular flexibility index (Phi) is 4.38. The van der Waals surface area contributed by atoms with Crippen molar-refractivity contribution in [3.05, 3.63) is 82.4 Å². The smallest absolute Gasteiger partial charge is 0.319 e. The van der Waals surface area contributed by atoms with E-state index in [0.29, 0.717) is 17.7 Å². The maximum Gasteiger partial charge on any atom is 0.319 e. The minimum atomic E-state index is -0.522. The Balaban J connectivity index is 1.97. The third-order valence-corrected chi connectivity index (χ3v) is 3.49. The Morgan fingerprint density at radius 1 is 1.04 bits per heavy atom. The van der Waals surface area contributed by atoms with E-state index in [1.54, 1.807) is 30.3 Å². The Morgan fingerprint density at radius 3 is 2.29 bits per heavy atom. The van der Waals surface area contributed by atoms with Crippen molar-refractivity contribution in [2.75, 3.05) is 5.73 Å². The third kappa shape index (κ3) is 3.33.